The molecule has 1 aliphatic heterocycles. The molecule has 0 spiro atoms. The van der Waals surface area contributed by atoms with Gasteiger partial charge in [0.25, 0.3) is 5.91 Å². The molecular formula is C13H25ClN2O2. The number of hydrogen-bond donors (Lipinski definition) is 1. The van der Waals surface area contributed by atoms with E-state index in [1.54, 1.807) is 0 Å². The molecule has 0 bridgehead atoms. The molecule has 0 aromatic rings. The van der Waals surface area contributed by atoms with E-state index < -0.39 is 0 Å². The second-order valence-electron chi connectivity index (χ2n) is 4.98. The largest absolute Gasteiger partial charge is 0.366 e. The maximum atomic E-state index is 12.4. The predicted molar refractivity (Wildman–Crippen MR) is 74.1 cm³/mol. The lowest BCUT2D eigenvalue weighted by atomic mass is 9.94. The molecule has 1 saturated heterocycles. The Bertz CT molecular complexity index is 251. The van der Waals surface area contributed by atoms with Crippen molar-refractivity contribution in [1.29, 1.82) is 0 Å². The highest BCUT2D eigenvalue weighted by Gasteiger charge is 2.30. The molecule has 1 saturated carbocycles. The Morgan fingerprint density at radius 2 is 2.06 bits per heavy atom. The summed E-state index contributed by atoms with van der Waals surface area (Å²) in [5.41, 5.74) is 0. The Balaban J connectivity index is 0.00000162. The lowest BCUT2D eigenvalue weighted by Gasteiger charge is -2.36. The van der Waals surface area contributed by atoms with Crippen LogP contribution in [-0.4, -0.2) is 49.2 Å². The van der Waals surface area contributed by atoms with E-state index in [9.17, 15) is 4.79 Å². The van der Waals surface area contributed by atoms with Crippen LogP contribution in [0.25, 0.3) is 0 Å². The number of halogens is 1. The second-order valence-corrected chi connectivity index (χ2v) is 4.98. The third-order valence-corrected chi connectivity index (χ3v) is 3.84. The first-order valence-corrected chi connectivity index (χ1v) is 6.95. The molecule has 5 heteroatoms. The highest BCUT2D eigenvalue weighted by molar-refractivity contribution is 5.85. The van der Waals surface area contributed by atoms with Crippen molar-refractivity contribution in [2.75, 3.05) is 26.2 Å². The van der Waals surface area contributed by atoms with Crippen molar-refractivity contribution in [3.63, 3.8) is 0 Å². The van der Waals surface area contributed by atoms with Gasteiger partial charge in [-0.15, -0.1) is 12.4 Å². The van der Waals surface area contributed by atoms with E-state index in [1.807, 2.05) is 4.90 Å². The van der Waals surface area contributed by atoms with Gasteiger partial charge in [-0.3, -0.25) is 4.79 Å². The van der Waals surface area contributed by atoms with Crippen molar-refractivity contribution in [3.8, 4) is 0 Å². The number of morpholine rings is 1. The molecule has 0 aromatic carbocycles. The summed E-state index contributed by atoms with van der Waals surface area (Å²) >= 11 is 0. The fourth-order valence-corrected chi connectivity index (χ4v) is 2.90. The molecule has 1 aliphatic carbocycles. The summed E-state index contributed by atoms with van der Waals surface area (Å²) < 4.78 is 5.56. The number of rotatable bonds is 3. The van der Waals surface area contributed by atoms with Crippen LogP contribution in [0.15, 0.2) is 0 Å². The summed E-state index contributed by atoms with van der Waals surface area (Å²) in [4.78, 5) is 14.4. The number of nitrogens with one attached hydrogen (secondary N) is 1. The first-order chi connectivity index (χ1) is 8.33. The number of likely N-dealkylation sites (N-methyl/N-ethyl adjacent to an activating group) is 1. The van der Waals surface area contributed by atoms with Crippen molar-refractivity contribution >= 4 is 18.3 Å². The van der Waals surface area contributed by atoms with Gasteiger partial charge in [0, 0.05) is 25.7 Å². The summed E-state index contributed by atoms with van der Waals surface area (Å²) in [5, 5.41) is 3.23. The zero-order valence-electron chi connectivity index (χ0n) is 11.2. The Morgan fingerprint density at radius 1 is 1.33 bits per heavy atom. The van der Waals surface area contributed by atoms with E-state index in [0.29, 0.717) is 19.2 Å². The average molecular weight is 277 g/mol. The van der Waals surface area contributed by atoms with Gasteiger partial charge in [0.1, 0.15) is 6.10 Å². The molecule has 1 N–H and O–H groups in total. The van der Waals surface area contributed by atoms with Crippen LogP contribution in [0.1, 0.15) is 39.0 Å². The van der Waals surface area contributed by atoms with Gasteiger partial charge in [-0.05, 0) is 19.8 Å². The first-order valence-electron chi connectivity index (χ1n) is 6.95. The van der Waals surface area contributed by atoms with Crippen molar-refractivity contribution in [2.45, 2.75) is 51.2 Å². The van der Waals surface area contributed by atoms with E-state index in [1.165, 1.54) is 32.1 Å². The molecule has 1 atom stereocenters. The molecule has 18 heavy (non-hydrogen) atoms. The predicted octanol–water partition coefficient (Wildman–Crippen LogP) is 1.58. The van der Waals surface area contributed by atoms with Crippen LogP contribution >= 0.6 is 12.4 Å². The number of amides is 1. The topological polar surface area (TPSA) is 41.6 Å². The number of carbonyl (C=O) groups excluding carboxylic acids is 1. The zero-order chi connectivity index (χ0) is 12.1. The monoisotopic (exact) mass is 276 g/mol. The van der Waals surface area contributed by atoms with Gasteiger partial charge in [-0.25, -0.2) is 0 Å². The molecule has 106 valence electrons. The molecule has 4 nitrogen and oxygen atoms in total. The molecule has 2 rings (SSSR count). The maximum Gasteiger partial charge on any atom is 0.253 e. The summed E-state index contributed by atoms with van der Waals surface area (Å²) in [6, 6.07) is 0.451. The molecule has 0 radical (unpaired) electrons. The third-order valence-electron chi connectivity index (χ3n) is 3.84. The van der Waals surface area contributed by atoms with Gasteiger partial charge in [-0.2, -0.15) is 0 Å². The molecule has 2 aliphatic rings. The van der Waals surface area contributed by atoms with Crippen LogP contribution in [0, 0.1) is 0 Å². The Labute approximate surface area is 116 Å². The van der Waals surface area contributed by atoms with E-state index >= 15 is 0 Å². The maximum absolute atomic E-state index is 12.4. The van der Waals surface area contributed by atoms with Crippen LogP contribution < -0.4 is 5.32 Å². The van der Waals surface area contributed by atoms with Crippen molar-refractivity contribution < 1.29 is 9.53 Å². The van der Waals surface area contributed by atoms with E-state index in [2.05, 4.69) is 12.2 Å². The van der Waals surface area contributed by atoms with Gasteiger partial charge in [-0.1, -0.05) is 19.3 Å². The molecule has 2 fully saturated rings. The molecular weight excluding hydrogens is 252 g/mol. The average Bonchev–Trinajstić information content (AvgIpc) is 2.42. The molecule has 1 unspecified atom stereocenters. The Morgan fingerprint density at radius 3 is 2.61 bits per heavy atom. The number of carbonyl (C=O) groups is 1. The summed E-state index contributed by atoms with van der Waals surface area (Å²) in [6.45, 7) is 5.06. The van der Waals surface area contributed by atoms with Crippen molar-refractivity contribution in [3.05, 3.63) is 0 Å². The van der Waals surface area contributed by atoms with Crippen LogP contribution in [0.3, 0.4) is 0 Å². The third kappa shape index (κ3) is 3.84. The van der Waals surface area contributed by atoms with Crippen molar-refractivity contribution in [1.82, 2.24) is 10.2 Å². The Kier molecular flexibility index (Phi) is 6.97. The van der Waals surface area contributed by atoms with Gasteiger partial charge in [0.15, 0.2) is 0 Å². The summed E-state index contributed by atoms with van der Waals surface area (Å²) in [6.07, 6.45) is 5.92. The van der Waals surface area contributed by atoms with E-state index in [4.69, 9.17) is 4.74 Å². The molecule has 0 aromatic heterocycles. The second kappa shape index (κ2) is 7.97. The number of nitrogens with zero attached hydrogens (tertiary/aromatic N) is 1. The highest BCUT2D eigenvalue weighted by Crippen LogP contribution is 2.23. The van der Waals surface area contributed by atoms with Crippen LogP contribution in [0.2, 0.25) is 0 Å². The quantitative estimate of drug-likeness (QED) is 0.851. The van der Waals surface area contributed by atoms with Gasteiger partial charge < -0.3 is 15.0 Å². The summed E-state index contributed by atoms with van der Waals surface area (Å²) in [7, 11) is 0. The van der Waals surface area contributed by atoms with E-state index in [0.717, 1.165) is 13.1 Å². The smallest absolute Gasteiger partial charge is 0.253 e. The minimum absolute atomic E-state index is 0. The van der Waals surface area contributed by atoms with Gasteiger partial charge in [0.05, 0.1) is 6.61 Å². The number of ether oxygens (including phenoxy) is 1. The fourth-order valence-electron chi connectivity index (χ4n) is 2.90. The standard InChI is InChI=1S/C13H24N2O2.ClH/c1-2-15(11-6-4-3-5-7-11)13(16)12-10-14-8-9-17-12;/h11-12,14H,2-10H2,1H3;1H. The van der Waals surface area contributed by atoms with Gasteiger partial charge in [0.2, 0.25) is 0 Å². The fraction of sp³-hybridized carbons (Fsp3) is 0.923. The summed E-state index contributed by atoms with van der Waals surface area (Å²) in [5.74, 6) is 0.187. The lowest BCUT2D eigenvalue weighted by Crippen LogP contribution is -2.52. The van der Waals surface area contributed by atoms with Crippen LogP contribution in [0.4, 0.5) is 0 Å². The lowest BCUT2D eigenvalue weighted by molar-refractivity contribution is -0.148. The van der Waals surface area contributed by atoms with Crippen molar-refractivity contribution in [2.24, 2.45) is 0 Å². The molecule has 1 heterocycles. The number of hydrogen-bond acceptors (Lipinski definition) is 3. The van der Waals surface area contributed by atoms with Crippen LogP contribution in [0.5, 0.6) is 0 Å². The normalized spacial score (nSPS) is 25.3. The SMILES string of the molecule is CCN(C(=O)C1CNCCO1)C1CCCCC1.Cl. The zero-order valence-corrected chi connectivity index (χ0v) is 12.0. The Hall–Kier alpha value is -0.320. The highest BCUT2D eigenvalue weighted by atomic mass is 35.5. The minimum Gasteiger partial charge on any atom is -0.366 e. The first kappa shape index (κ1) is 15.7. The van der Waals surface area contributed by atoms with Crippen LogP contribution in [-0.2, 0) is 9.53 Å². The molecule has 1 amide bonds. The minimum atomic E-state index is -0.259. The van der Waals surface area contributed by atoms with E-state index in [-0.39, 0.29) is 24.4 Å². The van der Waals surface area contributed by atoms with Gasteiger partial charge >= 0.3 is 0 Å².